The van der Waals surface area contributed by atoms with E-state index in [1.54, 1.807) is 0 Å². The third-order valence-electron chi connectivity index (χ3n) is 4.67. The first kappa shape index (κ1) is 15.7. The number of carbonyl (C=O) groups is 1. The Balaban J connectivity index is 1.83. The lowest BCUT2D eigenvalue weighted by Gasteiger charge is -2.39. The second kappa shape index (κ2) is 7.38. The predicted octanol–water partition coefficient (Wildman–Crippen LogP) is 0.683. The van der Waals surface area contributed by atoms with Crippen molar-refractivity contribution in [3.8, 4) is 0 Å². The Bertz CT molecular complexity index is 316. The van der Waals surface area contributed by atoms with E-state index in [0.717, 1.165) is 52.0 Å². The summed E-state index contributed by atoms with van der Waals surface area (Å²) in [7, 11) is 0. The van der Waals surface area contributed by atoms with Crippen LogP contribution in [0.15, 0.2) is 0 Å². The van der Waals surface area contributed by atoms with Crippen LogP contribution in [0.1, 0.15) is 33.1 Å². The first-order valence-electron chi connectivity index (χ1n) is 8.01. The summed E-state index contributed by atoms with van der Waals surface area (Å²) >= 11 is 0. The zero-order valence-electron chi connectivity index (χ0n) is 12.9. The van der Waals surface area contributed by atoms with Crippen LogP contribution in [0.3, 0.4) is 0 Å². The highest BCUT2D eigenvalue weighted by Gasteiger charge is 2.35. The molecule has 2 aliphatic heterocycles. The van der Waals surface area contributed by atoms with Crippen molar-refractivity contribution in [1.82, 2.24) is 9.80 Å². The predicted molar refractivity (Wildman–Crippen MR) is 79.4 cm³/mol. The minimum absolute atomic E-state index is 0.189. The van der Waals surface area contributed by atoms with E-state index >= 15 is 0 Å². The lowest BCUT2D eigenvalue weighted by molar-refractivity contribution is -0.144. The van der Waals surface area contributed by atoms with Crippen molar-refractivity contribution < 1.29 is 9.53 Å². The Morgan fingerprint density at radius 3 is 2.55 bits per heavy atom. The van der Waals surface area contributed by atoms with Crippen LogP contribution in [0.2, 0.25) is 0 Å². The third-order valence-corrected chi connectivity index (χ3v) is 4.67. The van der Waals surface area contributed by atoms with Crippen LogP contribution in [0, 0.1) is 5.92 Å². The van der Waals surface area contributed by atoms with Gasteiger partial charge in [-0.2, -0.15) is 0 Å². The van der Waals surface area contributed by atoms with Gasteiger partial charge in [-0.3, -0.25) is 9.69 Å². The summed E-state index contributed by atoms with van der Waals surface area (Å²) in [5.41, 5.74) is 5.86. The molecule has 2 fully saturated rings. The van der Waals surface area contributed by atoms with Gasteiger partial charge in [-0.25, -0.2) is 0 Å². The van der Waals surface area contributed by atoms with E-state index in [2.05, 4.69) is 18.7 Å². The van der Waals surface area contributed by atoms with E-state index < -0.39 is 0 Å². The van der Waals surface area contributed by atoms with E-state index in [0.29, 0.717) is 18.5 Å². The lowest BCUT2D eigenvalue weighted by atomic mass is 10.0. The van der Waals surface area contributed by atoms with Crippen molar-refractivity contribution in [3.05, 3.63) is 0 Å². The van der Waals surface area contributed by atoms with Crippen molar-refractivity contribution in [3.63, 3.8) is 0 Å². The van der Waals surface area contributed by atoms with Crippen molar-refractivity contribution in [2.24, 2.45) is 11.7 Å². The van der Waals surface area contributed by atoms with Gasteiger partial charge in [0.15, 0.2) is 0 Å². The quantitative estimate of drug-likeness (QED) is 0.806. The van der Waals surface area contributed by atoms with Crippen LogP contribution in [0.25, 0.3) is 0 Å². The normalized spacial score (nSPS) is 29.6. The molecule has 0 aromatic heterocycles. The number of hydrogen-bond acceptors (Lipinski definition) is 4. The minimum Gasteiger partial charge on any atom is -0.368 e. The van der Waals surface area contributed by atoms with Crippen LogP contribution < -0.4 is 5.73 Å². The molecule has 20 heavy (non-hydrogen) atoms. The molecule has 0 bridgehead atoms. The molecule has 0 radical (unpaired) electrons. The highest BCUT2D eigenvalue weighted by atomic mass is 16.5. The molecule has 2 heterocycles. The van der Waals surface area contributed by atoms with E-state index in [4.69, 9.17) is 10.5 Å². The summed E-state index contributed by atoms with van der Waals surface area (Å²) in [6.45, 7) is 9.24. The second-order valence-electron chi connectivity index (χ2n) is 6.10. The van der Waals surface area contributed by atoms with Crippen LogP contribution in [-0.4, -0.2) is 67.2 Å². The van der Waals surface area contributed by atoms with Gasteiger partial charge in [-0.05, 0) is 18.8 Å². The molecule has 5 nitrogen and oxygen atoms in total. The number of carbonyl (C=O) groups excluding carboxylic acids is 1. The fourth-order valence-electron chi connectivity index (χ4n) is 3.28. The van der Waals surface area contributed by atoms with Crippen molar-refractivity contribution in [1.29, 1.82) is 0 Å². The van der Waals surface area contributed by atoms with Crippen LogP contribution in [0.4, 0.5) is 0 Å². The molecule has 0 aromatic carbocycles. The molecule has 0 saturated carbocycles. The van der Waals surface area contributed by atoms with Gasteiger partial charge in [-0.15, -0.1) is 0 Å². The largest absolute Gasteiger partial charge is 0.368 e. The molecule has 0 aliphatic carbocycles. The van der Waals surface area contributed by atoms with Crippen molar-refractivity contribution in [2.45, 2.75) is 45.3 Å². The van der Waals surface area contributed by atoms with Crippen LogP contribution in [0.5, 0.6) is 0 Å². The van der Waals surface area contributed by atoms with Crippen LogP contribution >= 0.6 is 0 Å². The highest BCUT2D eigenvalue weighted by Crippen LogP contribution is 2.22. The van der Waals surface area contributed by atoms with E-state index in [9.17, 15) is 4.79 Å². The Morgan fingerprint density at radius 1 is 1.35 bits per heavy atom. The van der Waals surface area contributed by atoms with Gasteiger partial charge < -0.3 is 15.4 Å². The maximum atomic E-state index is 12.4. The summed E-state index contributed by atoms with van der Waals surface area (Å²) in [4.78, 5) is 16.9. The summed E-state index contributed by atoms with van der Waals surface area (Å²) in [5, 5.41) is 0. The van der Waals surface area contributed by atoms with Gasteiger partial charge in [-0.1, -0.05) is 20.3 Å². The average Bonchev–Trinajstić information content (AvgIpc) is 2.90. The van der Waals surface area contributed by atoms with E-state index in [-0.39, 0.29) is 12.0 Å². The molecule has 2 rings (SSSR count). The summed E-state index contributed by atoms with van der Waals surface area (Å²) in [5.74, 6) is 0.548. The number of amides is 1. The summed E-state index contributed by atoms with van der Waals surface area (Å²) in [6.07, 6.45) is 3.10. The molecule has 3 atom stereocenters. The standard InChI is InChI=1S/C15H29N3O2/c1-3-4-13(11-16)17-6-8-18(9-7-17)15(19)14-12(2)5-10-20-14/h12-14H,3-11,16H2,1-2H3. The van der Waals surface area contributed by atoms with E-state index in [1.165, 1.54) is 0 Å². The maximum absolute atomic E-state index is 12.4. The van der Waals surface area contributed by atoms with Gasteiger partial charge in [0, 0.05) is 45.4 Å². The summed E-state index contributed by atoms with van der Waals surface area (Å²) < 4.78 is 5.59. The topological polar surface area (TPSA) is 58.8 Å². The highest BCUT2D eigenvalue weighted by molar-refractivity contribution is 5.81. The lowest BCUT2D eigenvalue weighted by Crippen LogP contribution is -2.55. The molecule has 116 valence electrons. The molecular formula is C15H29N3O2. The number of nitrogens with two attached hydrogens (primary N) is 1. The maximum Gasteiger partial charge on any atom is 0.252 e. The zero-order chi connectivity index (χ0) is 14.5. The number of hydrogen-bond donors (Lipinski definition) is 1. The number of piperazine rings is 1. The van der Waals surface area contributed by atoms with Crippen molar-refractivity contribution >= 4 is 5.91 Å². The Kier molecular flexibility index (Phi) is 5.81. The second-order valence-corrected chi connectivity index (χ2v) is 6.10. The van der Waals surface area contributed by atoms with Crippen molar-refractivity contribution in [2.75, 3.05) is 39.3 Å². The van der Waals surface area contributed by atoms with Gasteiger partial charge in [0.05, 0.1) is 0 Å². The SMILES string of the molecule is CCCC(CN)N1CCN(C(=O)C2OCCC2C)CC1. The molecule has 2 aliphatic rings. The van der Waals surface area contributed by atoms with Gasteiger partial charge in [0.25, 0.3) is 5.91 Å². The summed E-state index contributed by atoms with van der Waals surface area (Å²) in [6, 6.07) is 0.471. The monoisotopic (exact) mass is 283 g/mol. The first-order chi connectivity index (χ1) is 9.67. The molecule has 1 amide bonds. The molecule has 0 spiro atoms. The molecule has 3 unspecified atom stereocenters. The molecule has 2 saturated heterocycles. The minimum atomic E-state index is -0.206. The number of rotatable bonds is 5. The first-order valence-corrected chi connectivity index (χ1v) is 8.01. The van der Waals surface area contributed by atoms with Gasteiger partial charge >= 0.3 is 0 Å². The Morgan fingerprint density at radius 2 is 2.05 bits per heavy atom. The number of ether oxygens (including phenoxy) is 1. The molecule has 0 aromatic rings. The smallest absolute Gasteiger partial charge is 0.252 e. The fraction of sp³-hybridized carbons (Fsp3) is 0.933. The van der Waals surface area contributed by atoms with E-state index in [1.807, 2.05) is 4.90 Å². The average molecular weight is 283 g/mol. The zero-order valence-corrected chi connectivity index (χ0v) is 12.9. The Hall–Kier alpha value is -0.650. The third kappa shape index (κ3) is 3.51. The van der Waals surface area contributed by atoms with Gasteiger partial charge in [0.1, 0.15) is 6.10 Å². The van der Waals surface area contributed by atoms with Crippen LogP contribution in [-0.2, 0) is 9.53 Å². The van der Waals surface area contributed by atoms with Gasteiger partial charge in [0.2, 0.25) is 0 Å². The molecule has 5 heteroatoms. The molecular weight excluding hydrogens is 254 g/mol. The Labute approximate surface area is 122 Å². The fourth-order valence-corrected chi connectivity index (χ4v) is 3.28. The number of nitrogens with zero attached hydrogens (tertiary/aromatic N) is 2. The molecule has 2 N–H and O–H groups in total.